The van der Waals surface area contributed by atoms with Crippen molar-refractivity contribution >= 4 is 15.7 Å². The maximum absolute atomic E-state index is 12.4. The monoisotopic (exact) mass is 282 g/mol. The van der Waals surface area contributed by atoms with Gasteiger partial charge >= 0.3 is 0 Å². The molecule has 2 aliphatic carbocycles. The zero-order chi connectivity index (χ0) is 13.5. The van der Waals surface area contributed by atoms with Crippen LogP contribution in [-0.4, -0.2) is 19.4 Å². The molecule has 0 radical (unpaired) electrons. The van der Waals surface area contributed by atoms with E-state index in [1.165, 1.54) is 18.8 Å². The summed E-state index contributed by atoms with van der Waals surface area (Å²) in [5, 5.41) is 0. The minimum atomic E-state index is -3.56. The number of pyridine rings is 1. The Bertz CT molecular complexity index is 575. The van der Waals surface area contributed by atoms with E-state index in [1.54, 1.807) is 6.07 Å². The zero-order valence-electron chi connectivity index (χ0n) is 10.5. The van der Waals surface area contributed by atoms with Gasteiger partial charge in [0.2, 0.25) is 10.0 Å². The number of nitrogens with two attached hydrogens (primary N) is 1. The summed E-state index contributed by atoms with van der Waals surface area (Å²) in [5.41, 5.74) is 2.77. The highest BCUT2D eigenvalue weighted by Gasteiger charge is 2.41. The minimum Gasteiger partial charge on any atom is -0.323 e. The first kappa shape index (κ1) is 12.8. The summed E-state index contributed by atoms with van der Waals surface area (Å²) < 4.78 is 27.6. The third-order valence-electron chi connectivity index (χ3n) is 4.27. The quantitative estimate of drug-likeness (QED) is 0.561. The summed E-state index contributed by atoms with van der Waals surface area (Å²) >= 11 is 0. The fourth-order valence-electron chi connectivity index (χ4n) is 3.37. The molecule has 0 spiro atoms. The van der Waals surface area contributed by atoms with Crippen molar-refractivity contribution in [1.82, 2.24) is 9.71 Å². The number of hydrogen-bond donors (Lipinski definition) is 3. The van der Waals surface area contributed by atoms with Gasteiger partial charge in [-0.15, -0.1) is 0 Å². The molecular weight excluding hydrogens is 264 g/mol. The number of aromatic nitrogens is 1. The number of nitrogens with one attached hydrogen (secondary N) is 2. The lowest BCUT2D eigenvalue weighted by molar-refractivity contribution is 0.390. The second-order valence-corrected chi connectivity index (χ2v) is 7.10. The molecule has 2 fully saturated rings. The van der Waals surface area contributed by atoms with E-state index < -0.39 is 10.0 Å². The zero-order valence-corrected chi connectivity index (χ0v) is 11.4. The Balaban J connectivity index is 1.83. The Morgan fingerprint density at radius 1 is 1.32 bits per heavy atom. The van der Waals surface area contributed by atoms with Crippen LogP contribution in [0.5, 0.6) is 0 Å². The Hall–Kier alpha value is -1.18. The molecule has 6 nitrogen and oxygen atoms in total. The minimum absolute atomic E-state index is 0.0644. The summed E-state index contributed by atoms with van der Waals surface area (Å²) in [6.45, 7) is 0. The Labute approximate surface area is 112 Å². The summed E-state index contributed by atoms with van der Waals surface area (Å²) in [6.07, 6.45) is 7.31. The summed E-state index contributed by atoms with van der Waals surface area (Å²) in [7, 11) is -3.56. The predicted molar refractivity (Wildman–Crippen MR) is 71.6 cm³/mol. The number of hydrogen-bond acceptors (Lipinski definition) is 5. The lowest BCUT2D eigenvalue weighted by atomic mass is 9.96. The van der Waals surface area contributed by atoms with Crippen molar-refractivity contribution in [3.05, 3.63) is 18.5 Å². The third kappa shape index (κ3) is 2.33. The van der Waals surface area contributed by atoms with Crippen LogP contribution in [0.4, 0.5) is 5.69 Å². The molecule has 4 N–H and O–H groups in total. The van der Waals surface area contributed by atoms with Gasteiger partial charge < -0.3 is 5.43 Å². The molecular formula is C12H18N4O2S. The molecule has 0 saturated heterocycles. The Kier molecular flexibility index (Phi) is 3.20. The van der Waals surface area contributed by atoms with E-state index in [4.69, 9.17) is 5.84 Å². The van der Waals surface area contributed by atoms with Crippen LogP contribution in [0.25, 0.3) is 0 Å². The van der Waals surface area contributed by atoms with Crippen LogP contribution in [0, 0.1) is 11.8 Å². The Morgan fingerprint density at radius 3 is 2.79 bits per heavy atom. The van der Waals surface area contributed by atoms with Gasteiger partial charge in [-0.1, -0.05) is 6.42 Å². The third-order valence-corrected chi connectivity index (χ3v) is 5.79. The molecule has 1 heterocycles. The second-order valence-electron chi connectivity index (χ2n) is 5.42. The number of hydrazine groups is 1. The lowest BCUT2D eigenvalue weighted by Gasteiger charge is -2.23. The number of nitrogen functional groups attached to an aromatic ring is 1. The van der Waals surface area contributed by atoms with Gasteiger partial charge in [-0.25, -0.2) is 13.1 Å². The number of rotatable bonds is 4. The van der Waals surface area contributed by atoms with E-state index in [-0.39, 0.29) is 10.9 Å². The first-order valence-electron chi connectivity index (χ1n) is 6.53. The van der Waals surface area contributed by atoms with Crippen molar-refractivity contribution < 1.29 is 8.42 Å². The van der Waals surface area contributed by atoms with Gasteiger partial charge in [0.15, 0.2) is 0 Å². The van der Waals surface area contributed by atoms with Gasteiger partial charge in [0.25, 0.3) is 0 Å². The molecule has 0 aromatic carbocycles. The largest absolute Gasteiger partial charge is 0.323 e. The van der Waals surface area contributed by atoms with E-state index in [9.17, 15) is 8.42 Å². The first-order chi connectivity index (χ1) is 9.10. The fourth-order valence-corrected chi connectivity index (χ4v) is 4.80. The molecule has 2 bridgehead atoms. The van der Waals surface area contributed by atoms with E-state index in [1.807, 2.05) is 0 Å². The topological polar surface area (TPSA) is 97.1 Å². The molecule has 7 heteroatoms. The van der Waals surface area contributed by atoms with Crippen LogP contribution in [0.2, 0.25) is 0 Å². The van der Waals surface area contributed by atoms with Crippen molar-refractivity contribution in [3.8, 4) is 0 Å². The average Bonchev–Trinajstić information content (AvgIpc) is 3.00. The van der Waals surface area contributed by atoms with Gasteiger partial charge in [0, 0.05) is 18.4 Å². The van der Waals surface area contributed by atoms with Crippen LogP contribution >= 0.6 is 0 Å². The Morgan fingerprint density at radius 2 is 2.16 bits per heavy atom. The maximum Gasteiger partial charge on any atom is 0.244 e. The van der Waals surface area contributed by atoms with E-state index in [0.29, 0.717) is 17.5 Å². The van der Waals surface area contributed by atoms with Crippen molar-refractivity contribution in [2.45, 2.75) is 36.6 Å². The van der Waals surface area contributed by atoms with Crippen molar-refractivity contribution in [2.24, 2.45) is 17.7 Å². The van der Waals surface area contributed by atoms with Crippen LogP contribution in [0.15, 0.2) is 23.4 Å². The molecule has 2 saturated carbocycles. The molecule has 2 aliphatic rings. The number of sulfonamides is 1. The molecule has 3 unspecified atom stereocenters. The van der Waals surface area contributed by atoms with Gasteiger partial charge in [0.1, 0.15) is 4.90 Å². The summed E-state index contributed by atoms with van der Waals surface area (Å²) in [6, 6.07) is 1.62. The van der Waals surface area contributed by atoms with Gasteiger partial charge in [-0.05, 0) is 37.2 Å². The van der Waals surface area contributed by atoms with Crippen LogP contribution in [-0.2, 0) is 10.0 Å². The van der Waals surface area contributed by atoms with Gasteiger partial charge in [-0.3, -0.25) is 10.8 Å². The van der Waals surface area contributed by atoms with E-state index in [0.717, 1.165) is 19.3 Å². The van der Waals surface area contributed by atoms with E-state index in [2.05, 4.69) is 15.1 Å². The second kappa shape index (κ2) is 4.73. The molecule has 19 heavy (non-hydrogen) atoms. The van der Waals surface area contributed by atoms with Gasteiger partial charge in [0.05, 0.1) is 5.69 Å². The highest BCUT2D eigenvalue weighted by atomic mass is 32.2. The summed E-state index contributed by atoms with van der Waals surface area (Å²) in [4.78, 5) is 3.98. The predicted octanol–water partition coefficient (Wildman–Crippen LogP) is 0.834. The fraction of sp³-hybridized carbons (Fsp3) is 0.583. The van der Waals surface area contributed by atoms with E-state index >= 15 is 0 Å². The average molecular weight is 282 g/mol. The number of fused-ring (bicyclic) bond motifs is 2. The molecule has 104 valence electrons. The first-order valence-corrected chi connectivity index (χ1v) is 8.01. The molecule has 3 atom stereocenters. The number of anilines is 1. The molecule has 0 amide bonds. The molecule has 1 aromatic heterocycles. The summed E-state index contributed by atoms with van der Waals surface area (Å²) in [5.74, 6) is 6.53. The standard InChI is InChI=1S/C12H18N4O2S/c13-15-10-3-4-14-7-12(10)19(17,18)16-11-6-8-1-2-9(11)5-8/h3-4,7-9,11,16H,1-2,5-6,13H2,(H,14,15). The van der Waals surface area contributed by atoms with Crippen LogP contribution < -0.4 is 16.0 Å². The maximum atomic E-state index is 12.4. The van der Waals surface area contributed by atoms with Crippen LogP contribution in [0.3, 0.4) is 0 Å². The smallest absolute Gasteiger partial charge is 0.244 e. The van der Waals surface area contributed by atoms with Crippen molar-refractivity contribution in [1.29, 1.82) is 0 Å². The molecule has 0 aliphatic heterocycles. The van der Waals surface area contributed by atoms with Gasteiger partial charge in [-0.2, -0.15) is 0 Å². The normalized spacial score (nSPS) is 29.6. The molecule has 1 aromatic rings. The van der Waals surface area contributed by atoms with Crippen molar-refractivity contribution in [3.63, 3.8) is 0 Å². The lowest BCUT2D eigenvalue weighted by Crippen LogP contribution is -2.38. The van der Waals surface area contributed by atoms with Crippen molar-refractivity contribution in [2.75, 3.05) is 5.43 Å². The highest BCUT2D eigenvalue weighted by molar-refractivity contribution is 7.89. The SMILES string of the molecule is NNc1ccncc1S(=O)(=O)NC1CC2CCC1C2. The van der Waals surface area contributed by atoms with Crippen LogP contribution in [0.1, 0.15) is 25.7 Å². The highest BCUT2D eigenvalue weighted by Crippen LogP contribution is 2.44. The molecule has 3 rings (SSSR count). The number of nitrogens with zero attached hydrogens (tertiary/aromatic N) is 1.